The van der Waals surface area contributed by atoms with E-state index in [2.05, 4.69) is 72.9 Å². The van der Waals surface area contributed by atoms with E-state index in [4.69, 9.17) is 4.74 Å². The fourth-order valence-corrected chi connectivity index (χ4v) is 4.52. The molecule has 1 amide bonds. The van der Waals surface area contributed by atoms with Crippen LogP contribution in [0.2, 0.25) is 0 Å². The van der Waals surface area contributed by atoms with Gasteiger partial charge in [-0.3, -0.25) is 4.79 Å². The lowest BCUT2D eigenvalue weighted by atomic mass is 10.1. The molecule has 0 bridgehead atoms. The van der Waals surface area contributed by atoms with Gasteiger partial charge in [0.05, 0.1) is 12.0 Å². The Bertz CT molecular complexity index is 1280. The molecule has 1 N–H and O–H groups in total. The van der Waals surface area contributed by atoms with Crippen LogP contribution in [0, 0.1) is 13.8 Å². The monoisotopic (exact) mass is 468 g/mol. The first-order chi connectivity index (χ1) is 16.5. The molecular weight excluding hydrogens is 440 g/mol. The molecule has 0 fully saturated rings. The summed E-state index contributed by atoms with van der Waals surface area (Å²) in [6.07, 6.45) is 1.64. The number of rotatable bonds is 9. The maximum atomic E-state index is 12.0. The van der Waals surface area contributed by atoms with E-state index in [1.807, 2.05) is 36.4 Å². The van der Waals surface area contributed by atoms with Crippen molar-refractivity contribution in [3.8, 4) is 5.75 Å². The lowest BCUT2D eigenvalue weighted by molar-refractivity contribution is -0.118. The Labute approximate surface area is 205 Å². The first-order valence-electron chi connectivity index (χ1n) is 11.2. The average molecular weight is 469 g/mol. The van der Waals surface area contributed by atoms with Crippen molar-refractivity contribution >= 4 is 34.7 Å². The van der Waals surface area contributed by atoms with Gasteiger partial charge in [0.25, 0.3) is 0 Å². The number of amides is 1. The van der Waals surface area contributed by atoms with Crippen molar-refractivity contribution in [2.75, 3.05) is 5.75 Å². The predicted molar refractivity (Wildman–Crippen MR) is 143 cm³/mol. The Balaban J connectivity index is 1.20. The third-order valence-corrected chi connectivity index (χ3v) is 6.29. The SMILES string of the molecule is Cc1cc(C)cc(CSCC(=O)N/N=C\c2ccc(OCc3ccc4ccccc4c3)cc2)c1. The Morgan fingerprint density at radius 3 is 2.38 bits per heavy atom. The summed E-state index contributed by atoms with van der Waals surface area (Å²) in [5.74, 6) is 1.85. The van der Waals surface area contributed by atoms with Crippen LogP contribution in [0.5, 0.6) is 5.75 Å². The zero-order chi connectivity index (χ0) is 23.8. The summed E-state index contributed by atoms with van der Waals surface area (Å²) in [5, 5.41) is 6.50. The summed E-state index contributed by atoms with van der Waals surface area (Å²) in [4.78, 5) is 12.0. The van der Waals surface area contributed by atoms with Gasteiger partial charge in [0.1, 0.15) is 12.4 Å². The summed E-state index contributed by atoms with van der Waals surface area (Å²) in [5.41, 5.74) is 8.34. The van der Waals surface area contributed by atoms with E-state index in [1.165, 1.54) is 27.5 Å². The number of hydrogen-bond acceptors (Lipinski definition) is 4. The van der Waals surface area contributed by atoms with Crippen molar-refractivity contribution in [1.82, 2.24) is 5.43 Å². The Hall–Kier alpha value is -3.57. The zero-order valence-electron chi connectivity index (χ0n) is 19.5. The van der Waals surface area contributed by atoms with Crippen LogP contribution in [0.4, 0.5) is 0 Å². The molecule has 5 heteroatoms. The van der Waals surface area contributed by atoms with Gasteiger partial charge in [-0.05, 0) is 71.6 Å². The van der Waals surface area contributed by atoms with Gasteiger partial charge in [-0.15, -0.1) is 11.8 Å². The zero-order valence-corrected chi connectivity index (χ0v) is 20.3. The highest BCUT2D eigenvalue weighted by Gasteiger charge is 2.02. The first kappa shape index (κ1) is 23.6. The minimum absolute atomic E-state index is 0.110. The van der Waals surface area contributed by atoms with Crippen LogP contribution in [-0.4, -0.2) is 17.9 Å². The average Bonchev–Trinajstić information content (AvgIpc) is 2.83. The normalized spacial score (nSPS) is 11.1. The fourth-order valence-electron chi connectivity index (χ4n) is 3.77. The van der Waals surface area contributed by atoms with Gasteiger partial charge in [-0.2, -0.15) is 5.10 Å². The highest BCUT2D eigenvalue weighted by atomic mass is 32.2. The number of hydrogen-bond donors (Lipinski definition) is 1. The molecule has 0 aromatic heterocycles. The third kappa shape index (κ3) is 6.96. The quantitative estimate of drug-likeness (QED) is 0.228. The van der Waals surface area contributed by atoms with E-state index in [-0.39, 0.29) is 5.91 Å². The largest absolute Gasteiger partial charge is 0.489 e. The molecule has 0 spiro atoms. The maximum Gasteiger partial charge on any atom is 0.250 e. The van der Waals surface area contributed by atoms with E-state index < -0.39 is 0 Å². The first-order valence-corrected chi connectivity index (χ1v) is 12.4. The van der Waals surface area contributed by atoms with Crippen LogP contribution in [-0.2, 0) is 17.2 Å². The van der Waals surface area contributed by atoms with Crippen LogP contribution in [0.15, 0.2) is 90.0 Å². The molecule has 4 aromatic carbocycles. The smallest absolute Gasteiger partial charge is 0.250 e. The van der Waals surface area contributed by atoms with E-state index >= 15 is 0 Å². The van der Waals surface area contributed by atoms with Crippen molar-refractivity contribution in [2.24, 2.45) is 5.10 Å². The van der Waals surface area contributed by atoms with E-state index in [0.717, 1.165) is 22.6 Å². The number of thioether (sulfide) groups is 1. The van der Waals surface area contributed by atoms with Crippen molar-refractivity contribution in [1.29, 1.82) is 0 Å². The van der Waals surface area contributed by atoms with Gasteiger partial charge in [0.15, 0.2) is 0 Å². The molecule has 4 nitrogen and oxygen atoms in total. The molecule has 0 atom stereocenters. The maximum absolute atomic E-state index is 12.0. The molecule has 0 radical (unpaired) electrons. The molecule has 4 rings (SSSR count). The number of benzene rings is 4. The molecule has 0 aliphatic carbocycles. The molecule has 0 aliphatic heterocycles. The minimum Gasteiger partial charge on any atom is -0.489 e. The van der Waals surface area contributed by atoms with Crippen LogP contribution in [0.3, 0.4) is 0 Å². The molecular formula is C29H28N2O2S. The second-order valence-corrected chi connectivity index (χ2v) is 9.31. The van der Waals surface area contributed by atoms with Gasteiger partial charge in [-0.1, -0.05) is 65.7 Å². The van der Waals surface area contributed by atoms with Crippen molar-refractivity contribution < 1.29 is 9.53 Å². The van der Waals surface area contributed by atoms with Gasteiger partial charge < -0.3 is 4.74 Å². The summed E-state index contributed by atoms with van der Waals surface area (Å²) in [7, 11) is 0. The van der Waals surface area contributed by atoms with Crippen molar-refractivity contribution in [3.05, 3.63) is 113 Å². The minimum atomic E-state index is -0.110. The number of hydrazone groups is 1. The lowest BCUT2D eigenvalue weighted by Gasteiger charge is -2.08. The number of nitrogens with one attached hydrogen (secondary N) is 1. The summed E-state index contributed by atoms with van der Waals surface area (Å²) in [6, 6.07) is 28.8. The topological polar surface area (TPSA) is 50.7 Å². The van der Waals surface area contributed by atoms with E-state index in [9.17, 15) is 4.79 Å². The summed E-state index contributed by atoms with van der Waals surface area (Å²) < 4.78 is 5.92. The van der Waals surface area contributed by atoms with Crippen LogP contribution in [0.25, 0.3) is 10.8 Å². The second kappa shape index (κ2) is 11.5. The standard InChI is InChI=1S/C29H28N2O2S/c1-21-13-22(2)15-25(14-21)19-34-20-29(32)31-30-17-23-8-11-28(12-9-23)33-18-24-7-10-26-5-3-4-6-27(26)16-24/h3-17H,18-20H2,1-2H3,(H,31,32)/b30-17-. The second-order valence-electron chi connectivity index (χ2n) is 8.32. The number of carbonyl (C=O) groups excluding carboxylic acids is 1. The van der Waals surface area contributed by atoms with E-state index in [0.29, 0.717) is 12.4 Å². The molecule has 0 saturated carbocycles. The highest BCUT2D eigenvalue weighted by Crippen LogP contribution is 2.18. The molecule has 0 aliphatic rings. The van der Waals surface area contributed by atoms with Gasteiger partial charge in [-0.25, -0.2) is 5.43 Å². The number of fused-ring (bicyclic) bond motifs is 1. The summed E-state index contributed by atoms with van der Waals surface area (Å²) in [6.45, 7) is 4.69. The predicted octanol–water partition coefficient (Wildman–Crippen LogP) is 6.42. The number of aryl methyl sites for hydroxylation is 2. The highest BCUT2D eigenvalue weighted by molar-refractivity contribution is 7.99. The number of carbonyl (C=O) groups is 1. The molecule has 172 valence electrons. The van der Waals surface area contributed by atoms with E-state index in [1.54, 1.807) is 18.0 Å². The van der Waals surface area contributed by atoms with Crippen LogP contribution < -0.4 is 10.2 Å². The summed E-state index contributed by atoms with van der Waals surface area (Å²) >= 11 is 1.58. The van der Waals surface area contributed by atoms with Crippen molar-refractivity contribution in [3.63, 3.8) is 0 Å². The molecule has 4 aromatic rings. The lowest BCUT2D eigenvalue weighted by Crippen LogP contribution is -2.19. The van der Waals surface area contributed by atoms with Gasteiger partial charge >= 0.3 is 0 Å². The number of ether oxygens (including phenoxy) is 1. The van der Waals surface area contributed by atoms with Crippen LogP contribution >= 0.6 is 11.8 Å². The molecule has 0 unspecified atom stereocenters. The molecule has 0 heterocycles. The number of nitrogens with zero attached hydrogens (tertiary/aromatic N) is 1. The fraction of sp³-hybridized carbons (Fsp3) is 0.172. The Morgan fingerprint density at radius 1 is 0.882 bits per heavy atom. The Morgan fingerprint density at radius 2 is 1.62 bits per heavy atom. The van der Waals surface area contributed by atoms with Crippen LogP contribution in [0.1, 0.15) is 27.8 Å². The third-order valence-electron chi connectivity index (χ3n) is 5.29. The molecule has 34 heavy (non-hydrogen) atoms. The van der Waals surface area contributed by atoms with Crippen molar-refractivity contribution in [2.45, 2.75) is 26.2 Å². The Kier molecular flexibility index (Phi) is 7.99. The van der Waals surface area contributed by atoms with Gasteiger partial charge in [0, 0.05) is 5.75 Å². The van der Waals surface area contributed by atoms with Gasteiger partial charge in [0.2, 0.25) is 5.91 Å². The molecule has 0 saturated heterocycles.